The molecule has 0 saturated heterocycles. The van der Waals surface area contributed by atoms with Crippen LogP contribution in [0.2, 0.25) is 0 Å². The van der Waals surface area contributed by atoms with Gasteiger partial charge in [0.25, 0.3) is 0 Å². The Hall–Kier alpha value is -1.35. The van der Waals surface area contributed by atoms with E-state index < -0.39 is 6.04 Å². The third-order valence-electron chi connectivity index (χ3n) is 3.11. The first-order valence-electron chi connectivity index (χ1n) is 6.67. The van der Waals surface area contributed by atoms with Crippen LogP contribution in [0.5, 0.6) is 0 Å². The number of carbonyl (C=O) groups excluding carboxylic acids is 1. The minimum atomic E-state index is -0.391. The molecular weight excluding hydrogens is 224 g/mol. The molecule has 0 aliphatic heterocycles. The Morgan fingerprint density at radius 1 is 1.44 bits per heavy atom. The summed E-state index contributed by atoms with van der Waals surface area (Å²) in [7, 11) is 0. The second-order valence-electron chi connectivity index (χ2n) is 4.89. The van der Waals surface area contributed by atoms with Gasteiger partial charge in [-0.1, -0.05) is 49.6 Å². The number of amides is 1. The van der Waals surface area contributed by atoms with E-state index in [1.54, 1.807) is 0 Å². The number of aryl methyl sites for hydroxylation is 1. The first kappa shape index (κ1) is 14.7. The highest BCUT2D eigenvalue weighted by molar-refractivity contribution is 5.81. The molecule has 3 nitrogen and oxygen atoms in total. The van der Waals surface area contributed by atoms with Crippen LogP contribution in [-0.2, 0) is 4.79 Å². The van der Waals surface area contributed by atoms with Crippen LogP contribution >= 0.6 is 0 Å². The van der Waals surface area contributed by atoms with Gasteiger partial charge in [-0.15, -0.1) is 0 Å². The lowest BCUT2D eigenvalue weighted by Gasteiger charge is -2.18. The first-order valence-corrected chi connectivity index (χ1v) is 6.67. The lowest BCUT2D eigenvalue weighted by molar-refractivity contribution is -0.123. The molecule has 18 heavy (non-hydrogen) atoms. The molecule has 3 N–H and O–H groups in total. The van der Waals surface area contributed by atoms with Crippen molar-refractivity contribution in [3.05, 3.63) is 35.4 Å². The second-order valence-corrected chi connectivity index (χ2v) is 4.89. The summed E-state index contributed by atoms with van der Waals surface area (Å²) in [6.45, 7) is 6.13. The van der Waals surface area contributed by atoms with Crippen LogP contribution < -0.4 is 11.1 Å². The molecule has 0 radical (unpaired) electrons. The second kappa shape index (κ2) is 7.17. The highest BCUT2D eigenvalue weighted by Gasteiger charge is 2.15. The molecule has 3 heteroatoms. The van der Waals surface area contributed by atoms with E-state index in [1.165, 1.54) is 5.56 Å². The molecule has 1 aromatic carbocycles. The summed E-state index contributed by atoms with van der Waals surface area (Å²) in [4.78, 5) is 11.9. The number of rotatable bonds is 6. The molecule has 0 fully saturated rings. The molecule has 0 spiro atoms. The van der Waals surface area contributed by atoms with Gasteiger partial charge in [0.15, 0.2) is 0 Å². The summed E-state index contributed by atoms with van der Waals surface area (Å²) < 4.78 is 0. The maximum Gasteiger partial charge on any atom is 0.237 e. The molecule has 0 saturated carbocycles. The minimum absolute atomic E-state index is 0.00470. The monoisotopic (exact) mass is 248 g/mol. The number of carbonyl (C=O) groups is 1. The molecule has 0 aliphatic rings. The third kappa shape index (κ3) is 4.49. The Balaban J connectivity index is 2.54. The van der Waals surface area contributed by atoms with Gasteiger partial charge < -0.3 is 11.1 Å². The Labute approximate surface area is 110 Å². The zero-order chi connectivity index (χ0) is 13.5. The van der Waals surface area contributed by atoms with Gasteiger partial charge in [-0.2, -0.15) is 0 Å². The summed E-state index contributed by atoms with van der Waals surface area (Å²) in [6, 6.07) is 7.77. The van der Waals surface area contributed by atoms with Crippen LogP contribution in [0, 0.1) is 6.92 Å². The van der Waals surface area contributed by atoms with Crippen LogP contribution in [0.4, 0.5) is 0 Å². The molecule has 1 aromatic rings. The summed E-state index contributed by atoms with van der Waals surface area (Å²) in [5.41, 5.74) is 8.16. The van der Waals surface area contributed by atoms with Gasteiger partial charge in [-0.3, -0.25) is 4.79 Å². The van der Waals surface area contributed by atoms with Crippen molar-refractivity contribution in [3.63, 3.8) is 0 Å². The maximum atomic E-state index is 11.9. The molecule has 1 amide bonds. The maximum absolute atomic E-state index is 11.9. The predicted molar refractivity (Wildman–Crippen MR) is 75.2 cm³/mol. The van der Waals surface area contributed by atoms with Crippen molar-refractivity contribution in [3.8, 4) is 0 Å². The molecule has 1 rings (SSSR count). The fourth-order valence-corrected chi connectivity index (χ4v) is 1.90. The van der Waals surface area contributed by atoms with Crippen LogP contribution in [0.25, 0.3) is 0 Å². The number of hydrogen-bond donors (Lipinski definition) is 2. The highest BCUT2D eigenvalue weighted by atomic mass is 16.2. The van der Waals surface area contributed by atoms with Crippen LogP contribution in [0.3, 0.4) is 0 Å². The van der Waals surface area contributed by atoms with Crippen LogP contribution in [-0.4, -0.2) is 11.9 Å². The summed E-state index contributed by atoms with van der Waals surface area (Å²) >= 11 is 0. The van der Waals surface area contributed by atoms with Gasteiger partial charge in [-0.25, -0.2) is 0 Å². The number of nitrogens with two attached hydrogens (primary N) is 1. The molecule has 1 unspecified atom stereocenters. The average molecular weight is 248 g/mol. The van der Waals surface area contributed by atoms with E-state index in [2.05, 4.69) is 18.3 Å². The van der Waals surface area contributed by atoms with Gasteiger partial charge in [-0.05, 0) is 25.8 Å². The average Bonchev–Trinajstić information content (AvgIpc) is 2.35. The zero-order valence-corrected chi connectivity index (χ0v) is 11.6. The molecular formula is C15H24N2O. The third-order valence-corrected chi connectivity index (χ3v) is 3.11. The number of unbranched alkanes of at least 4 members (excludes halogenated alkanes) is 1. The van der Waals surface area contributed by atoms with Gasteiger partial charge in [0.2, 0.25) is 5.91 Å². The predicted octanol–water partition coefficient (Wildman–Crippen LogP) is 2.69. The van der Waals surface area contributed by atoms with Gasteiger partial charge >= 0.3 is 0 Å². The van der Waals surface area contributed by atoms with Gasteiger partial charge in [0.1, 0.15) is 0 Å². The molecule has 0 aromatic heterocycles. The van der Waals surface area contributed by atoms with Crippen molar-refractivity contribution in [1.82, 2.24) is 5.32 Å². The van der Waals surface area contributed by atoms with Crippen molar-refractivity contribution in [2.24, 2.45) is 5.73 Å². The number of benzene rings is 1. The van der Waals surface area contributed by atoms with E-state index in [0.717, 1.165) is 24.8 Å². The Morgan fingerprint density at radius 2 is 2.17 bits per heavy atom. The van der Waals surface area contributed by atoms with Crippen LogP contribution in [0.1, 0.15) is 50.3 Å². The summed E-state index contributed by atoms with van der Waals surface area (Å²) in [6.07, 6.45) is 2.81. The summed E-state index contributed by atoms with van der Waals surface area (Å²) in [5.74, 6) is -0.0579. The van der Waals surface area contributed by atoms with Gasteiger partial charge in [0, 0.05) is 0 Å². The van der Waals surface area contributed by atoms with E-state index in [1.807, 2.05) is 32.0 Å². The molecule has 0 heterocycles. The summed E-state index contributed by atoms with van der Waals surface area (Å²) in [5, 5.41) is 2.97. The SMILES string of the molecule is CCCCC(N)C(=O)N[C@@H](C)c1cccc(C)c1. The van der Waals surface area contributed by atoms with E-state index in [0.29, 0.717) is 0 Å². The minimum Gasteiger partial charge on any atom is -0.348 e. The van der Waals surface area contributed by atoms with Crippen LogP contribution in [0.15, 0.2) is 24.3 Å². The topological polar surface area (TPSA) is 55.1 Å². The number of hydrogen-bond acceptors (Lipinski definition) is 2. The fourth-order valence-electron chi connectivity index (χ4n) is 1.90. The molecule has 2 atom stereocenters. The number of nitrogens with one attached hydrogen (secondary N) is 1. The molecule has 100 valence electrons. The Morgan fingerprint density at radius 3 is 2.78 bits per heavy atom. The standard InChI is InChI=1S/C15H24N2O/c1-4-5-9-14(16)15(18)17-12(3)13-8-6-7-11(2)10-13/h6-8,10,12,14H,4-5,9,16H2,1-3H3,(H,17,18)/t12-,14?/m0/s1. The Kier molecular flexibility index (Phi) is 5.86. The zero-order valence-electron chi connectivity index (χ0n) is 11.6. The largest absolute Gasteiger partial charge is 0.348 e. The highest BCUT2D eigenvalue weighted by Crippen LogP contribution is 2.14. The van der Waals surface area contributed by atoms with Crippen molar-refractivity contribution < 1.29 is 4.79 Å². The fraction of sp³-hybridized carbons (Fsp3) is 0.533. The normalized spacial score (nSPS) is 14.0. The van der Waals surface area contributed by atoms with Crippen molar-refractivity contribution in [2.45, 2.75) is 52.1 Å². The molecule has 0 aliphatic carbocycles. The smallest absolute Gasteiger partial charge is 0.237 e. The lowest BCUT2D eigenvalue weighted by atomic mass is 10.0. The van der Waals surface area contributed by atoms with E-state index in [-0.39, 0.29) is 11.9 Å². The van der Waals surface area contributed by atoms with E-state index in [9.17, 15) is 4.79 Å². The van der Waals surface area contributed by atoms with Crippen molar-refractivity contribution in [2.75, 3.05) is 0 Å². The first-order chi connectivity index (χ1) is 8.54. The van der Waals surface area contributed by atoms with Gasteiger partial charge in [0.05, 0.1) is 12.1 Å². The molecule has 0 bridgehead atoms. The van der Waals surface area contributed by atoms with E-state index >= 15 is 0 Å². The van der Waals surface area contributed by atoms with Crippen molar-refractivity contribution in [1.29, 1.82) is 0 Å². The van der Waals surface area contributed by atoms with E-state index in [4.69, 9.17) is 5.73 Å². The Bertz CT molecular complexity index is 390. The van der Waals surface area contributed by atoms with Crippen molar-refractivity contribution >= 4 is 5.91 Å². The quantitative estimate of drug-likeness (QED) is 0.813. The lowest BCUT2D eigenvalue weighted by Crippen LogP contribution is -2.41.